The van der Waals surface area contributed by atoms with Crippen molar-refractivity contribution in [2.24, 2.45) is 0 Å². The molecule has 0 amide bonds. The van der Waals surface area contributed by atoms with E-state index in [9.17, 15) is 0 Å². The van der Waals surface area contributed by atoms with E-state index in [4.69, 9.17) is 32.7 Å². The van der Waals surface area contributed by atoms with Crippen LogP contribution in [0.15, 0.2) is 65.1 Å². The first kappa shape index (κ1) is 20.8. The minimum atomic E-state index is 0.340. The minimum absolute atomic E-state index is 0.340. The molecular weight excluding hydrogens is 461 g/mol. The topological polar surface area (TPSA) is 30.5 Å². The summed E-state index contributed by atoms with van der Waals surface area (Å²) in [6, 6.07) is 19.4. The van der Waals surface area contributed by atoms with E-state index in [1.54, 1.807) is 12.1 Å². The van der Waals surface area contributed by atoms with Crippen LogP contribution >= 0.6 is 39.1 Å². The van der Waals surface area contributed by atoms with Crippen molar-refractivity contribution in [1.82, 2.24) is 0 Å². The molecule has 0 fully saturated rings. The van der Waals surface area contributed by atoms with Gasteiger partial charge in [0.15, 0.2) is 11.5 Å². The van der Waals surface area contributed by atoms with Crippen LogP contribution in [0.2, 0.25) is 10.0 Å². The van der Waals surface area contributed by atoms with Crippen LogP contribution in [0.4, 0.5) is 5.69 Å². The molecule has 3 nitrogen and oxygen atoms in total. The summed E-state index contributed by atoms with van der Waals surface area (Å²) in [5, 5.41) is 4.59. The van der Waals surface area contributed by atoms with Gasteiger partial charge in [-0.15, -0.1) is 0 Å². The van der Waals surface area contributed by atoms with Gasteiger partial charge in [0, 0.05) is 32.3 Å². The molecular formula is C22H20BrCl2NO2. The van der Waals surface area contributed by atoms with Gasteiger partial charge in [0.25, 0.3) is 0 Å². The second kappa shape index (κ2) is 10.1. The SMILES string of the molecule is CCOc1cc(CNc2ccc(Br)cc2)ccc1OCc1ccc(Cl)cc1Cl. The van der Waals surface area contributed by atoms with Crippen LogP contribution < -0.4 is 14.8 Å². The largest absolute Gasteiger partial charge is 0.490 e. The van der Waals surface area contributed by atoms with Crippen molar-refractivity contribution in [3.8, 4) is 11.5 Å². The number of hydrogen-bond donors (Lipinski definition) is 1. The first-order valence-corrected chi connectivity index (χ1v) is 10.4. The molecule has 3 rings (SSSR count). The van der Waals surface area contributed by atoms with Crippen LogP contribution in [-0.2, 0) is 13.2 Å². The Hall–Kier alpha value is -1.88. The second-order valence-electron chi connectivity index (χ2n) is 6.10. The molecule has 28 heavy (non-hydrogen) atoms. The van der Waals surface area contributed by atoms with Crippen LogP contribution in [-0.4, -0.2) is 6.61 Å². The molecule has 3 aromatic carbocycles. The maximum atomic E-state index is 6.22. The highest BCUT2D eigenvalue weighted by atomic mass is 79.9. The number of benzene rings is 3. The van der Waals surface area contributed by atoms with Crippen molar-refractivity contribution in [1.29, 1.82) is 0 Å². The number of hydrogen-bond acceptors (Lipinski definition) is 3. The summed E-state index contributed by atoms with van der Waals surface area (Å²) >= 11 is 15.6. The zero-order chi connectivity index (χ0) is 19.9. The third-order valence-electron chi connectivity index (χ3n) is 4.05. The molecule has 0 unspecified atom stereocenters. The molecule has 0 radical (unpaired) electrons. The Morgan fingerprint density at radius 2 is 1.68 bits per heavy atom. The Morgan fingerprint density at radius 1 is 0.893 bits per heavy atom. The maximum Gasteiger partial charge on any atom is 0.161 e. The molecule has 1 N–H and O–H groups in total. The lowest BCUT2D eigenvalue weighted by molar-refractivity contribution is 0.269. The average molecular weight is 481 g/mol. The van der Waals surface area contributed by atoms with E-state index >= 15 is 0 Å². The monoisotopic (exact) mass is 479 g/mol. The minimum Gasteiger partial charge on any atom is -0.490 e. The fourth-order valence-corrected chi connectivity index (χ4v) is 3.34. The molecule has 0 spiro atoms. The standard InChI is InChI=1S/C22H20BrCl2NO2/c1-2-27-22-11-15(13-26-19-8-5-17(23)6-9-19)3-10-21(22)28-14-16-4-7-18(24)12-20(16)25/h3-12,26H,2,13-14H2,1H3. The Labute approximate surface area is 183 Å². The smallest absolute Gasteiger partial charge is 0.161 e. The number of halogens is 3. The van der Waals surface area contributed by atoms with Gasteiger partial charge in [0.2, 0.25) is 0 Å². The highest BCUT2D eigenvalue weighted by Gasteiger charge is 2.09. The lowest BCUT2D eigenvalue weighted by Gasteiger charge is -2.15. The summed E-state index contributed by atoms with van der Waals surface area (Å²) in [5.74, 6) is 1.39. The van der Waals surface area contributed by atoms with E-state index < -0.39 is 0 Å². The fourth-order valence-electron chi connectivity index (χ4n) is 2.62. The lowest BCUT2D eigenvalue weighted by atomic mass is 10.2. The summed E-state index contributed by atoms with van der Waals surface area (Å²) in [5.41, 5.74) is 3.02. The fraction of sp³-hybridized carbons (Fsp3) is 0.182. The predicted molar refractivity (Wildman–Crippen MR) is 120 cm³/mol. The first-order chi connectivity index (χ1) is 13.5. The van der Waals surface area contributed by atoms with Gasteiger partial charge >= 0.3 is 0 Å². The van der Waals surface area contributed by atoms with Crippen molar-refractivity contribution in [3.05, 3.63) is 86.3 Å². The van der Waals surface area contributed by atoms with E-state index in [0.717, 1.165) is 21.3 Å². The van der Waals surface area contributed by atoms with Gasteiger partial charge in [0.1, 0.15) is 6.61 Å². The van der Waals surface area contributed by atoms with E-state index in [1.807, 2.05) is 55.5 Å². The predicted octanol–water partition coefficient (Wildman–Crippen LogP) is 7.35. The number of nitrogens with one attached hydrogen (secondary N) is 1. The van der Waals surface area contributed by atoms with Gasteiger partial charge < -0.3 is 14.8 Å². The number of rotatable bonds is 8. The summed E-state index contributed by atoms with van der Waals surface area (Å²) in [4.78, 5) is 0. The molecule has 0 saturated heterocycles. The zero-order valence-electron chi connectivity index (χ0n) is 15.3. The summed E-state index contributed by atoms with van der Waals surface area (Å²) in [7, 11) is 0. The molecule has 6 heteroatoms. The molecule has 0 aliphatic heterocycles. The Kier molecular flexibility index (Phi) is 7.49. The number of anilines is 1. The molecule has 0 aliphatic carbocycles. The van der Waals surface area contributed by atoms with E-state index in [-0.39, 0.29) is 0 Å². The highest BCUT2D eigenvalue weighted by molar-refractivity contribution is 9.10. The summed E-state index contributed by atoms with van der Waals surface area (Å²) in [6.45, 7) is 3.53. The van der Waals surface area contributed by atoms with Crippen LogP contribution in [0.1, 0.15) is 18.1 Å². The van der Waals surface area contributed by atoms with Gasteiger partial charge in [-0.1, -0.05) is 51.3 Å². The van der Waals surface area contributed by atoms with Crippen LogP contribution in [0.3, 0.4) is 0 Å². The molecule has 0 atom stereocenters. The summed E-state index contributed by atoms with van der Waals surface area (Å²) < 4.78 is 12.8. The second-order valence-corrected chi connectivity index (χ2v) is 7.86. The van der Waals surface area contributed by atoms with Crippen molar-refractivity contribution >= 4 is 44.8 Å². The van der Waals surface area contributed by atoms with Gasteiger partial charge in [-0.2, -0.15) is 0 Å². The Morgan fingerprint density at radius 3 is 2.39 bits per heavy atom. The quantitative estimate of drug-likeness (QED) is 0.365. The molecule has 0 heterocycles. The molecule has 0 aromatic heterocycles. The Bertz CT molecular complexity index is 932. The molecule has 0 saturated carbocycles. The Balaban J connectivity index is 1.68. The third kappa shape index (κ3) is 5.81. The van der Waals surface area contributed by atoms with Gasteiger partial charge in [-0.3, -0.25) is 0 Å². The zero-order valence-corrected chi connectivity index (χ0v) is 18.4. The van der Waals surface area contributed by atoms with E-state index in [1.165, 1.54) is 0 Å². The summed E-state index contributed by atoms with van der Waals surface area (Å²) in [6.07, 6.45) is 0. The lowest BCUT2D eigenvalue weighted by Crippen LogP contribution is -2.03. The van der Waals surface area contributed by atoms with Gasteiger partial charge in [-0.25, -0.2) is 0 Å². The van der Waals surface area contributed by atoms with Crippen molar-refractivity contribution in [2.45, 2.75) is 20.1 Å². The molecule has 146 valence electrons. The molecule has 3 aromatic rings. The normalized spacial score (nSPS) is 10.6. The third-order valence-corrected chi connectivity index (χ3v) is 5.16. The van der Waals surface area contributed by atoms with Crippen molar-refractivity contribution in [2.75, 3.05) is 11.9 Å². The first-order valence-electron chi connectivity index (χ1n) is 8.87. The molecule has 0 bridgehead atoms. The van der Waals surface area contributed by atoms with Crippen molar-refractivity contribution < 1.29 is 9.47 Å². The van der Waals surface area contributed by atoms with E-state index in [2.05, 4.69) is 21.2 Å². The van der Waals surface area contributed by atoms with Crippen LogP contribution in [0.5, 0.6) is 11.5 Å². The van der Waals surface area contributed by atoms with Crippen molar-refractivity contribution in [3.63, 3.8) is 0 Å². The van der Waals surface area contributed by atoms with E-state index in [0.29, 0.717) is 41.3 Å². The van der Waals surface area contributed by atoms with Gasteiger partial charge in [0.05, 0.1) is 6.61 Å². The van der Waals surface area contributed by atoms with Crippen LogP contribution in [0.25, 0.3) is 0 Å². The van der Waals surface area contributed by atoms with Gasteiger partial charge in [-0.05, 0) is 61.0 Å². The molecule has 0 aliphatic rings. The average Bonchev–Trinajstić information content (AvgIpc) is 2.68. The van der Waals surface area contributed by atoms with Crippen LogP contribution in [0, 0.1) is 0 Å². The highest BCUT2D eigenvalue weighted by Crippen LogP contribution is 2.31. The number of ether oxygens (including phenoxy) is 2. The maximum absolute atomic E-state index is 6.22.